The molecule has 2 heterocycles. The summed E-state index contributed by atoms with van der Waals surface area (Å²) in [5.41, 5.74) is 1.70. The SMILES string of the molecule is COCCCOc1cc2c(cc1OC)-c1cc(=O)c(C(=O)O)cn1C(C(C)(C)C)C2. The third kappa shape index (κ3) is 4.21. The highest BCUT2D eigenvalue weighted by Gasteiger charge is 2.34. The third-order valence-corrected chi connectivity index (χ3v) is 5.47. The predicted octanol–water partition coefficient (Wildman–Crippen LogP) is 3.78. The van der Waals surface area contributed by atoms with Crippen LogP contribution in [0.15, 0.2) is 29.2 Å². The largest absolute Gasteiger partial charge is 0.493 e. The molecule has 1 atom stereocenters. The molecule has 7 nitrogen and oxygen atoms in total. The van der Waals surface area contributed by atoms with E-state index in [4.69, 9.17) is 14.2 Å². The van der Waals surface area contributed by atoms with Crippen LogP contribution in [0.4, 0.5) is 0 Å². The van der Waals surface area contributed by atoms with E-state index in [1.807, 2.05) is 16.7 Å². The van der Waals surface area contributed by atoms with E-state index >= 15 is 0 Å². The van der Waals surface area contributed by atoms with Gasteiger partial charge >= 0.3 is 5.97 Å². The van der Waals surface area contributed by atoms with Crippen molar-refractivity contribution >= 4 is 5.97 Å². The molecule has 0 saturated carbocycles. The van der Waals surface area contributed by atoms with Crippen molar-refractivity contribution in [3.63, 3.8) is 0 Å². The van der Waals surface area contributed by atoms with Gasteiger partial charge in [0.05, 0.1) is 19.4 Å². The van der Waals surface area contributed by atoms with Crippen molar-refractivity contribution in [3.05, 3.63) is 45.7 Å². The Morgan fingerprint density at radius 3 is 2.50 bits per heavy atom. The van der Waals surface area contributed by atoms with Crippen LogP contribution in [-0.2, 0) is 11.2 Å². The standard InChI is InChI=1S/C23H29NO6/c1-23(2,3)21-10-14-9-20(30-8-6-7-28-4)19(29-5)11-15(14)17-12-18(25)16(22(26)27)13-24(17)21/h9,11-13,21H,6-8,10H2,1-5H3,(H,26,27). The number of hydrogen-bond acceptors (Lipinski definition) is 5. The van der Waals surface area contributed by atoms with E-state index in [1.165, 1.54) is 12.3 Å². The fourth-order valence-electron chi connectivity index (χ4n) is 3.88. The van der Waals surface area contributed by atoms with Gasteiger partial charge in [-0.3, -0.25) is 4.79 Å². The second-order valence-corrected chi connectivity index (χ2v) is 8.59. The van der Waals surface area contributed by atoms with Crippen LogP contribution in [0.3, 0.4) is 0 Å². The highest BCUT2D eigenvalue weighted by molar-refractivity contribution is 5.88. The zero-order valence-corrected chi connectivity index (χ0v) is 18.2. The van der Waals surface area contributed by atoms with Crippen molar-refractivity contribution in [2.24, 2.45) is 5.41 Å². The first kappa shape index (κ1) is 21.9. The van der Waals surface area contributed by atoms with E-state index in [0.717, 1.165) is 17.5 Å². The second kappa shape index (κ2) is 8.52. The lowest BCUT2D eigenvalue weighted by Crippen LogP contribution is -2.32. The Hall–Kier alpha value is -2.80. The summed E-state index contributed by atoms with van der Waals surface area (Å²) in [4.78, 5) is 24.0. The monoisotopic (exact) mass is 415 g/mol. The molecule has 1 aliphatic rings. The number of carboxylic acid groups (broad SMARTS) is 1. The lowest BCUT2D eigenvalue weighted by Gasteiger charge is -2.39. The van der Waals surface area contributed by atoms with Gasteiger partial charge in [0.2, 0.25) is 0 Å². The maximum Gasteiger partial charge on any atom is 0.341 e. The summed E-state index contributed by atoms with van der Waals surface area (Å²) in [6, 6.07) is 5.23. The summed E-state index contributed by atoms with van der Waals surface area (Å²) in [5, 5.41) is 9.43. The van der Waals surface area contributed by atoms with Gasteiger partial charge in [-0.25, -0.2) is 4.79 Å². The van der Waals surface area contributed by atoms with Crippen molar-refractivity contribution in [3.8, 4) is 22.8 Å². The van der Waals surface area contributed by atoms with Gasteiger partial charge in [-0.15, -0.1) is 0 Å². The first-order valence-corrected chi connectivity index (χ1v) is 10.00. The van der Waals surface area contributed by atoms with E-state index in [9.17, 15) is 14.7 Å². The number of benzene rings is 1. The number of carbonyl (C=O) groups is 1. The van der Waals surface area contributed by atoms with Crippen LogP contribution in [0.5, 0.6) is 11.5 Å². The molecule has 2 aromatic rings. The minimum atomic E-state index is -1.22. The van der Waals surface area contributed by atoms with Crippen LogP contribution in [0.25, 0.3) is 11.3 Å². The molecule has 1 aliphatic heterocycles. The molecule has 3 rings (SSSR count). The van der Waals surface area contributed by atoms with Gasteiger partial charge in [-0.2, -0.15) is 0 Å². The second-order valence-electron chi connectivity index (χ2n) is 8.59. The summed E-state index contributed by atoms with van der Waals surface area (Å²) in [6.07, 6.45) is 2.92. The molecule has 7 heteroatoms. The summed E-state index contributed by atoms with van der Waals surface area (Å²) >= 11 is 0. The van der Waals surface area contributed by atoms with Gasteiger partial charge in [0.1, 0.15) is 5.56 Å². The van der Waals surface area contributed by atoms with E-state index in [-0.39, 0.29) is 17.0 Å². The summed E-state index contributed by atoms with van der Waals surface area (Å²) in [7, 11) is 3.23. The zero-order chi connectivity index (χ0) is 22.1. The van der Waals surface area contributed by atoms with E-state index in [1.54, 1.807) is 14.2 Å². The minimum absolute atomic E-state index is 0.0200. The van der Waals surface area contributed by atoms with Crippen molar-refractivity contribution in [1.29, 1.82) is 0 Å². The molecule has 1 N–H and O–H groups in total. The summed E-state index contributed by atoms with van der Waals surface area (Å²) in [5.74, 6) is 0.00537. The van der Waals surface area contributed by atoms with E-state index in [2.05, 4.69) is 20.8 Å². The van der Waals surface area contributed by atoms with Crippen LogP contribution in [0.1, 0.15) is 49.2 Å². The van der Waals surface area contributed by atoms with Crippen molar-refractivity contribution in [2.45, 2.75) is 39.7 Å². The number of rotatable bonds is 7. The number of aromatic nitrogens is 1. The summed E-state index contributed by atoms with van der Waals surface area (Å²) < 4.78 is 18.5. The third-order valence-electron chi connectivity index (χ3n) is 5.47. The number of nitrogens with zero attached hydrogens (tertiary/aromatic N) is 1. The van der Waals surface area contributed by atoms with Crippen LogP contribution < -0.4 is 14.9 Å². The molecule has 0 aliphatic carbocycles. The lowest BCUT2D eigenvalue weighted by molar-refractivity contribution is 0.0693. The zero-order valence-electron chi connectivity index (χ0n) is 18.2. The number of ether oxygens (including phenoxy) is 3. The number of aromatic carboxylic acids is 1. The number of pyridine rings is 1. The van der Waals surface area contributed by atoms with Crippen molar-refractivity contribution in [2.75, 3.05) is 27.4 Å². The summed E-state index contributed by atoms with van der Waals surface area (Å²) in [6.45, 7) is 7.44. The van der Waals surface area contributed by atoms with Gasteiger partial charge in [0.25, 0.3) is 0 Å². The molecule has 0 bridgehead atoms. The Morgan fingerprint density at radius 2 is 1.90 bits per heavy atom. The highest BCUT2D eigenvalue weighted by atomic mass is 16.5. The molecule has 0 spiro atoms. The molecule has 0 amide bonds. The Balaban J connectivity index is 2.14. The Bertz CT molecular complexity index is 1000. The lowest BCUT2D eigenvalue weighted by atomic mass is 9.78. The molecular formula is C23H29NO6. The Morgan fingerprint density at radius 1 is 1.17 bits per heavy atom. The topological polar surface area (TPSA) is 87.0 Å². The Kier molecular flexibility index (Phi) is 6.22. The van der Waals surface area contributed by atoms with Crippen LogP contribution in [-0.4, -0.2) is 43.1 Å². The molecule has 0 fully saturated rings. The fourth-order valence-corrected chi connectivity index (χ4v) is 3.88. The van der Waals surface area contributed by atoms with Crippen molar-refractivity contribution in [1.82, 2.24) is 4.57 Å². The average Bonchev–Trinajstić information content (AvgIpc) is 2.68. The van der Waals surface area contributed by atoms with Gasteiger partial charge in [0, 0.05) is 44.0 Å². The van der Waals surface area contributed by atoms with E-state index in [0.29, 0.717) is 36.8 Å². The van der Waals surface area contributed by atoms with Crippen molar-refractivity contribution < 1.29 is 24.1 Å². The molecular weight excluding hydrogens is 386 g/mol. The molecule has 162 valence electrons. The van der Waals surface area contributed by atoms with Crippen LogP contribution in [0, 0.1) is 5.41 Å². The Labute approximate surface area is 176 Å². The molecule has 30 heavy (non-hydrogen) atoms. The number of carboxylic acids is 1. The normalized spacial score (nSPS) is 15.3. The van der Waals surface area contributed by atoms with Crippen LogP contribution in [0.2, 0.25) is 0 Å². The number of fused-ring (bicyclic) bond motifs is 3. The first-order chi connectivity index (χ1) is 14.2. The maximum absolute atomic E-state index is 12.5. The van der Waals surface area contributed by atoms with Gasteiger partial charge in [-0.1, -0.05) is 20.8 Å². The number of methoxy groups -OCH3 is 2. The number of hydrogen-bond donors (Lipinski definition) is 1. The maximum atomic E-state index is 12.5. The van der Waals surface area contributed by atoms with Gasteiger partial charge in [-0.05, 0) is 29.5 Å². The van der Waals surface area contributed by atoms with Crippen LogP contribution >= 0.6 is 0 Å². The fraction of sp³-hybridized carbons (Fsp3) is 0.478. The molecule has 1 unspecified atom stereocenters. The quantitative estimate of drug-likeness (QED) is 0.693. The molecule has 1 aromatic heterocycles. The molecule has 1 aromatic carbocycles. The minimum Gasteiger partial charge on any atom is -0.493 e. The molecule has 0 saturated heterocycles. The average molecular weight is 415 g/mol. The highest BCUT2D eigenvalue weighted by Crippen LogP contribution is 2.45. The molecule has 0 radical (unpaired) electrons. The van der Waals surface area contributed by atoms with Gasteiger partial charge in [0.15, 0.2) is 16.9 Å². The predicted molar refractivity (Wildman–Crippen MR) is 114 cm³/mol. The smallest absolute Gasteiger partial charge is 0.341 e. The first-order valence-electron chi connectivity index (χ1n) is 10.00. The van der Waals surface area contributed by atoms with E-state index < -0.39 is 11.4 Å². The van der Waals surface area contributed by atoms with Gasteiger partial charge < -0.3 is 23.9 Å².